The Kier molecular flexibility index (Phi) is 4.80. The molecule has 2 aromatic heterocycles. The van der Waals surface area contributed by atoms with Gasteiger partial charge in [-0.3, -0.25) is 0 Å². The molecule has 0 aliphatic carbocycles. The van der Waals surface area contributed by atoms with Crippen LogP contribution in [-0.4, -0.2) is 67.4 Å². The Morgan fingerprint density at radius 3 is 2.23 bits per heavy atom. The summed E-state index contributed by atoms with van der Waals surface area (Å²) >= 11 is 0. The van der Waals surface area contributed by atoms with Crippen molar-refractivity contribution in [2.24, 2.45) is 0 Å². The van der Waals surface area contributed by atoms with E-state index in [4.69, 9.17) is 4.74 Å². The number of aromatic nitrogens is 3. The van der Waals surface area contributed by atoms with Crippen molar-refractivity contribution in [3.63, 3.8) is 0 Å². The van der Waals surface area contributed by atoms with Gasteiger partial charge in [0, 0.05) is 51.5 Å². The van der Waals surface area contributed by atoms with Crippen molar-refractivity contribution in [2.75, 3.05) is 67.2 Å². The average molecular weight is 351 g/mol. The lowest BCUT2D eigenvalue weighted by Gasteiger charge is -2.36. The fourth-order valence-corrected chi connectivity index (χ4v) is 3.36. The summed E-state index contributed by atoms with van der Waals surface area (Å²) in [6.07, 6.45) is 3.38. The number of piperazine rings is 1. The van der Waals surface area contributed by atoms with Gasteiger partial charge in [-0.2, -0.15) is 5.26 Å². The van der Waals surface area contributed by atoms with Gasteiger partial charge in [0.1, 0.15) is 29.9 Å². The Hall–Kier alpha value is -2.92. The summed E-state index contributed by atoms with van der Waals surface area (Å²) in [6, 6.07) is 7.89. The third-order valence-corrected chi connectivity index (χ3v) is 4.78. The van der Waals surface area contributed by atoms with Gasteiger partial charge in [-0.15, -0.1) is 0 Å². The maximum atomic E-state index is 9.28. The van der Waals surface area contributed by atoms with Crippen LogP contribution in [0.3, 0.4) is 0 Å². The molecule has 2 fully saturated rings. The summed E-state index contributed by atoms with van der Waals surface area (Å²) in [6.45, 7) is 6.49. The number of anilines is 3. The van der Waals surface area contributed by atoms with Crippen LogP contribution in [0.5, 0.6) is 0 Å². The molecule has 2 saturated heterocycles. The van der Waals surface area contributed by atoms with Gasteiger partial charge in [-0.1, -0.05) is 0 Å². The first-order chi connectivity index (χ1) is 12.8. The molecule has 0 aromatic carbocycles. The number of pyridine rings is 1. The maximum Gasteiger partial charge on any atom is 0.146 e. The topological polar surface area (TPSA) is 81.4 Å². The zero-order chi connectivity index (χ0) is 17.8. The molecule has 134 valence electrons. The van der Waals surface area contributed by atoms with Gasteiger partial charge in [-0.25, -0.2) is 15.0 Å². The number of rotatable bonds is 3. The van der Waals surface area contributed by atoms with Crippen molar-refractivity contribution in [3.05, 3.63) is 36.3 Å². The minimum Gasteiger partial charge on any atom is -0.378 e. The molecule has 0 N–H and O–H groups in total. The Bertz CT molecular complexity index is 792. The summed E-state index contributed by atoms with van der Waals surface area (Å²) in [4.78, 5) is 19.9. The van der Waals surface area contributed by atoms with E-state index in [1.165, 1.54) is 0 Å². The van der Waals surface area contributed by atoms with E-state index in [9.17, 15) is 5.26 Å². The second kappa shape index (κ2) is 7.54. The zero-order valence-electron chi connectivity index (χ0n) is 14.6. The highest BCUT2D eigenvalue weighted by atomic mass is 16.5. The van der Waals surface area contributed by atoms with Gasteiger partial charge in [0.25, 0.3) is 0 Å². The third-order valence-electron chi connectivity index (χ3n) is 4.78. The highest BCUT2D eigenvalue weighted by Gasteiger charge is 2.22. The van der Waals surface area contributed by atoms with Crippen LogP contribution in [0.1, 0.15) is 5.56 Å². The van der Waals surface area contributed by atoms with Crippen molar-refractivity contribution in [2.45, 2.75) is 0 Å². The first-order valence-electron chi connectivity index (χ1n) is 8.85. The minimum atomic E-state index is 0.623. The monoisotopic (exact) mass is 351 g/mol. The highest BCUT2D eigenvalue weighted by Crippen LogP contribution is 2.22. The second-order valence-electron chi connectivity index (χ2n) is 6.29. The van der Waals surface area contributed by atoms with E-state index >= 15 is 0 Å². The predicted octanol–water partition coefficient (Wildman–Crippen LogP) is 0.906. The molecule has 0 atom stereocenters. The van der Waals surface area contributed by atoms with Crippen LogP contribution >= 0.6 is 0 Å². The van der Waals surface area contributed by atoms with Gasteiger partial charge >= 0.3 is 0 Å². The van der Waals surface area contributed by atoms with Crippen LogP contribution in [-0.2, 0) is 4.74 Å². The standard InChI is InChI=1S/C18H21N7O/c19-13-15-2-1-3-20-18(15)25-6-4-23(5-7-25)16-12-17(22-14-21-16)24-8-10-26-11-9-24/h1-3,12,14H,4-11H2. The van der Waals surface area contributed by atoms with E-state index in [1.807, 2.05) is 6.07 Å². The molecule has 8 heteroatoms. The molecule has 0 spiro atoms. The predicted molar refractivity (Wildman–Crippen MR) is 98.4 cm³/mol. The van der Waals surface area contributed by atoms with Crippen molar-refractivity contribution < 1.29 is 4.74 Å². The fraction of sp³-hybridized carbons (Fsp3) is 0.444. The molecule has 2 aliphatic rings. The Morgan fingerprint density at radius 1 is 0.885 bits per heavy atom. The summed E-state index contributed by atoms with van der Waals surface area (Å²) in [7, 11) is 0. The van der Waals surface area contributed by atoms with Crippen molar-refractivity contribution in [1.82, 2.24) is 15.0 Å². The van der Waals surface area contributed by atoms with Crippen LogP contribution in [0.15, 0.2) is 30.7 Å². The largest absolute Gasteiger partial charge is 0.378 e. The van der Waals surface area contributed by atoms with Crippen LogP contribution in [0, 0.1) is 11.3 Å². The third kappa shape index (κ3) is 3.39. The molecule has 4 rings (SSSR count). The molecule has 4 heterocycles. The van der Waals surface area contributed by atoms with Gasteiger partial charge in [-0.05, 0) is 12.1 Å². The minimum absolute atomic E-state index is 0.623. The number of hydrogen-bond donors (Lipinski definition) is 0. The average Bonchev–Trinajstić information content (AvgIpc) is 2.74. The SMILES string of the molecule is N#Cc1cccnc1N1CCN(c2cc(N3CCOCC3)ncn2)CC1. The van der Waals surface area contributed by atoms with E-state index in [-0.39, 0.29) is 0 Å². The molecule has 0 radical (unpaired) electrons. The normalized spacial score (nSPS) is 17.9. The lowest BCUT2D eigenvalue weighted by atomic mass is 10.2. The Morgan fingerprint density at radius 2 is 1.54 bits per heavy atom. The van der Waals surface area contributed by atoms with Crippen LogP contribution in [0.4, 0.5) is 17.5 Å². The van der Waals surface area contributed by atoms with Crippen molar-refractivity contribution in [1.29, 1.82) is 5.26 Å². The molecular formula is C18H21N7O. The zero-order valence-corrected chi connectivity index (χ0v) is 14.6. The smallest absolute Gasteiger partial charge is 0.146 e. The van der Waals surface area contributed by atoms with Crippen molar-refractivity contribution in [3.8, 4) is 6.07 Å². The van der Waals surface area contributed by atoms with E-state index < -0.39 is 0 Å². The van der Waals surface area contributed by atoms with Gasteiger partial charge in [0.15, 0.2) is 0 Å². The Balaban J connectivity index is 1.44. The first kappa shape index (κ1) is 16.5. The van der Waals surface area contributed by atoms with Crippen molar-refractivity contribution >= 4 is 17.5 Å². The van der Waals surface area contributed by atoms with Crippen LogP contribution in [0.2, 0.25) is 0 Å². The molecule has 2 aliphatic heterocycles. The Labute approximate surface area is 152 Å². The van der Waals surface area contributed by atoms with E-state index in [1.54, 1.807) is 18.6 Å². The molecule has 8 nitrogen and oxygen atoms in total. The summed E-state index contributed by atoms with van der Waals surface area (Å²) in [5.74, 6) is 2.67. The number of nitrogens with zero attached hydrogens (tertiary/aromatic N) is 7. The molecule has 0 unspecified atom stereocenters. The fourth-order valence-electron chi connectivity index (χ4n) is 3.36. The summed E-state index contributed by atoms with van der Waals surface area (Å²) in [5, 5.41) is 9.28. The number of morpholine rings is 1. The van der Waals surface area contributed by atoms with Gasteiger partial charge in [0.05, 0.1) is 18.8 Å². The lowest BCUT2D eigenvalue weighted by molar-refractivity contribution is 0.122. The molecular weight excluding hydrogens is 330 g/mol. The van der Waals surface area contributed by atoms with Crippen LogP contribution in [0.25, 0.3) is 0 Å². The van der Waals surface area contributed by atoms with Gasteiger partial charge < -0.3 is 19.4 Å². The molecule has 26 heavy (non-hydrogen) atoms. The second-order valence-corrected chi connectivity index (χ2v) is 6.29. The number of nitriles is 1. The highest BCUT2D eigenvalue weighted by molar-refractivity contribution is 5.56. The number of ether oxygens (including phenoxy) is 1. The molecule has 0 bridgehead atoms. The van der Waals surface area contributed by atoms with E-state index in [2.05, 4.69) is 41.8 Å². The maximum absolute atomic E-state index is 9.28. The number of hydrogen-bond acceptors (Lipinski definition) is 8. The van der Waals surface area contributed by atoms with E-state index in [0.717, 1.165) is 69.9 Å². The molecule has 0 amide bonds. The van der Waals surface area contributed by atoms with E-state index in [0.29, 0.717) is 5.56 Å². The lowest BCUT2D eigenvalue weighted by Crippen LogP contribution is -2.47. The van der Waals surface area contributed by atoms with Gasteiger partial charge in [0.2, 0.25) is 0 Å². The first-order valence-corrected chi connectivity index (χ1v) is 8.85. The quantitative estimate of drug-likeness (QED) is 0.807. The van der Waals surface area contributed by atoms with Crippen LogP contribution < -0.4 is 14.7 Å². The summed E-state index contributed by atoms with van der Waals surface area (Å²) < 4.78 is 5.41. The molecule has 0 saturated carbocycles. The summed E-state index contributed by atoms with van der Waals surface area (Å²) in [5.41, 5.74) is 0.623. The molecule has 2 aromatic rings.